The van der Waals surface area contributed by atoms with Crippen LogP contribution in [-0.4, -0.2) is 53.2 Å². The minimum absolute atomic E-state index is 0.00846. The van der Waals surface area contributed by atoms with Crippen LogP contribution in [-0.2, 0) is 14.1 Å². The molecule has 8 heteroatoms. The molecule has 35 heavy (non-hydrogen) atoms. The van der Waals surface area contributed by atoms with Gasteiger partial charge in [0.1, 0.15) is 5.75 Å². The number of methoxy groups -OCH3 is 1. The number of anilines is 1. The summed E-state index contributed by atoms with van der Waals surface area (Å²) in [7, 11) is 5.08. The summed E-state index contributed by atoms with van der Waals surface area (Å²) in [6, 6.07) is 19.5. The molecule has 1 amide bonds. The van der Waals surface area contributed by atoms with Crippen molar-refractivity contribution in [2.45, 2.75) is 0 Å². The highest BCUT2D eigenvalue weighted by Gasteiger charge is 2.23. The van der Waals surface area contributed by atoms with Gasteiger partial charge in [-0.05, 0) is 42.0 Å². The van der Waals surface area contributed by atoms with Gasteiger partial charge in [-0.15, -0.1) is 0 Å². The van der Waals surface area contributed by atoms with E-state index in [-0.39, 0.29) is 11.6 Å². The Kier molecular flexibility index (Phi) is 6.03. The van der Waals surface area contributed by atoms with Gasteiger partial charge in [0.25, 0.3) is 5.91 Å². The minimum Gasteiger partial charge on any atom is -0.495 e. The topological polar surface area (TPSA) is 59.7 Å². The lowest BCUT2D eigenvalue weighted by atomic mass is 10.0. The second kappa shape index (κ2) is 9.15. The molecule has 1 fully saturated rings. The van der Waals surface area contributed by atoms with E-state index in [2.05, 4.69) is 29.2 Å². The van der Waals surface area contributed by atoms with Gasteiger partial charge >= 0.3 is 5.69 Å². The Labute approximate surface area is 208 Å². The van der Waals surface area contributed by atoms with Gasteiger partial charge in [0.05, 0.1) is 23.2 Å². The summed E-state index contributed by atoms with van der Waals surface area (Å²) in [5, 5.41) is 0.601. The summed E-state index contributed by atoms with van der Waals surface area (Å²) < 4.78 is 8.50. The van der Waals surface area contributed by atoms with Crippen LogP contribution in [0.2, 0.25) is 5.02 Å². The maximum absolute atomic E-state index is 13.2. The molecule has 3 aromatic carbocycles. The summed E-state index contributed by atoms with van der Waals surface area (Å²) in [5.41, 5.74) is 5.15. The first-order chi connectivity index (χ1) is 16.9. The molecule has 0 spiro atoms. The van der Waals surface area contributed by atoms with Crippen LogP contribution < -0.4 is 15.3 Å². The number of aryl methyl sites for hydroxylation is 2. The predicted octanol–water partition coefficient (Wildman–Crippen LogP) is 4.17. The third-order valence-corrected chi connectivity index (χ3v) is 7.20. The van der Waals surface area contributed by atoms with E-state index in [1.165, 1.54) is 0 Å². The fraction of sp³-hybridized carbons (Fsp3) is 0.259. The number of rotatable bonds is 4. The summed E-state index contributed by atoms with van der Waals surface area (Å²) in [5.74, 6) is 0.647. The third-order valence-electron chi connectivity index (χ3n) is 6.81. The highest BCUT2D eigenvalue weighted by atomic mass is 35.5. The zero-order valence-electron chi connectivity index (χ0n) is 20.0. The van der Waals surface area contributed by atoms with Crippen molar-refractivity contribution in [1.29, 1.82) is 0 Å². The predicted molar refractivity (Wildman–Crippen MR) is 140 cm³/mol. The number of carbonyl (C=O) groups excluding carboxylic acids is 1. The molecule has 0 bridgehead atoms. The zero-order chi connectivity index (χ0) is 24.7. The van der Waals surface area contributed by atoms with E-state index in [4.69, 9.17) is 16.3 Å². The van der Waals surface area contributed by atoms with E-state index in [1.54, 1.807) is 36.4 Å². The van der Waals surface area contributed by atoms with Crippen LogP contribution >= 0.6 is 11.6 Å². The fourth-order valence-electron chi connectivity index (χ4n) is 4.73. The maximum Gasteiger partial charge on any atom is 0.328 e. The van der Waals surface area contributed by atoms with E-state index >= 15 is 0 Å². The summed E-state index contributed by atoms with van der Waals surface area (Å²) in [4.78, 5) is 29.5. The molecule has 1 aliphatic rings. The van der Waals surface area contributed by atoms with Crippen LogP contribution in [0.3, 0.4) is 0 Å². The van der Waals surface area contributed by atoms with Crippen LogP contribution in [0.5, 0.6) is 5.75 Å². The number of aromatic nitrogens is 2. The van der Waals surface area contributed by atoms with Crippen LogP contribution in [0.4, 0.5) is 5.69 Å². The third kappa shape index (κ3) is 4.06. The van der Waals surface area contributed by atoms with Gasteiger partial charge in [0.2, 0.25) is 0 Å². The number of hydrogen-bond acceptors (Lipinski definition) is 4. The van der Waals surface area contributed by atoms with Gasteiger partial charge < -0.3 is 14.5 Å². The van der Waals surface area contributed by atoms with Crippen molar-refractivity contribution in [3.63, 3.8) is 0 Å². The lowest BCUT2D eigenvalue weighted by Crippen LogP contribution is -2.48. The molecule has 5 rings (SSSR count). The van der Waals surface area contributed by atoms with E-state index in [1.807, 2.05) is 35.2 Å². The van der Waals surface area contributed by atoms with Crippen molar-refractivity contribution >= 4 is 34.2 Å². The molecule has 2 heterocycles. The standard InChI is InChI=1S/C27H27ClN4O3/c1-29-22-12-9-19(17-23(22)30(2)27(29)34)26(33)32-15-13-31(14-16-32)20-10-7-18(8-11-20)21-5-4-6-24(35-3)25(21)28/h4-12,17H,13-16H2,1-3H3. The molecule has 1 aliphatic heterocycles. The highest BCUT2D eigenvalue weighted by Crippen LogP contribution is 2.35. The molecular formula is C27H27ClN4O3. The van der Waals surface area contributed by atoms with Crippen LogP contribution in [0.1, 0.15) is 10.4 Å². The molecule has 0 saturated carbocycles. The fourth-order valence-corrected chi connectivity index (χ4v) is 5.05. The lowest BCUT2D eigenvalue weighted by molar-refractivity contribution is 0.0747. The van der Waals surface area contributed by atoms with Gasteiger partial charge in [-0.25, -0.2) is 4.79 Å². The SMILES string of the molecule is COc1cccc(-c2ccc(N3CCN(C(=O)c4ccc5c(c4)n(C)c(=O)n5C)CC3)cc2)c1Cl. The normalized spacial score (nSPS) is 13.9. The Bertz CT molecular complexity index is 1460. The molecule has 0 atom stereocenters. The van der Waals surface area contributed by atoms with E-state index in [9.17, 15) is 9.59 Å². The average molecular weight is 491 g/mol. The van der Waals surface area contributed by atoms with E-state index in [0.29, 0.717) is 29.4 Å². The van der Waals surface area contributed by atoms with Gasteiger partial charge in [-0.1, -0.05) is 35.9 Å². The number of ether oxygens (including phenoxy) is 1. The quantitative estimate of drug-likeness (QED) is 0.431. The summed E-state index contributed by atoms with van der Waals surface area (Å²) in [6.45, 7) is 2.76. The second-order valence-electron chi connectivity index (χ2n) is 8.75. The van der Waals surface area contributed by atoms with Crippen molar-refractivity contribution < 1.29 is 9.53 Å². The molecule has 1 aromatic heterocycles. The number of amides is 1. The van der Waals surface area contributed by atoms with Crippen molar-refractivity contribution in [2.24, 2.45) is 14.1 Å². The van der Waals surface area contributed by atoms with Crippen molar-refractivity contribution in [3.8, 4) is 16.9 Å². The molecule has 4 aromatic rings. The first-order valence-corrected chi connectivity index (χ1v) is 11.9. The molecule has 180 valence electrons. The monoisotopic (exact) mass is 490 g/mol. The average Bonchev–Trinajstić information content (AvgIpc) is 3.12. The van der Waals surface area contributed by atoms with Crippen molar-refractivity contribution in [3.05, 3.63) is 81.7 Å². The molecule has 0 unspecified atom stereocenters. The van der Waals surface area contributed by atoms with Crippen molar-refractivity contribution in [1.82, 2.24) is 14.0 Å². The Balaban J connectivity index is 1.27. The van der Waals surface area contributed by atoms with E-state index < -0.39 is 0 Å². The molecule has 1 saturated heterocycles. The van der Waals surface area contributed by atoms with E-state index in [0.717, 1.165) is 40.9 Å². The summed E-state index contributed by atoms with van der Waals surface area (Å²) >= 11 is 6.49. The number of benzene rings is 3. The smallest absolute Gasteiger partial charge is 0.328 e. The van der Waals surface area contributed by atoms with Gasteiger partial charge in [-0.2, -0.15) is 0 Å². The highest BCUT2D eigenvalue weighted by molar-refractivity contribution is 6.34. The Morgan fingerprint density at radius 2 is 1.57 bits per heavy atom. The number of piperazine rings is 1. The Hall–Kier alpha value is -3.71. The number of halogens is 1. The molecular weight excluding hydrogens is 464 g/mol. The largest absolute Gasteiger partial charge is 0.495 e. The minimum atomic E-state index is -0.0992. The first-order valence-electron chi connectivity index (χ1n) is 11.5. The van der Waals surface area contributed by atoms with Gasteiger partial charge in [0, 0.05) is 57.1 Å². The Morgan fingerprint density at radius 3 is 2.26 bits per heavy atom. The van der Waals surface area contributed by atoms with Gasteiger partial charge in [0.15, 0.2) is 0 Å². The molecule has 0 radical (unpaired) electrons. The maximum atomic E-state index is 13.2. The number of carbonyl (C=O) groups is 1. The summed E-state index contributed by atoms with van der Waals surface area (Å²) in [6.07, 6.45) is 0. The van der Waals surface area contributed by atoms with Crippen LogP contribution in [0.15, 0.2) is 65.5 Å². The first kappa shape index (κ1) is 23.1. The molecule has 7 nitrogen and oxygen atoms in total. The van der Waals surface area contributed by atoms with Gasteiger partial charge in [-0.3, -0.25) is 13.9 Å². The number of nitrogens with zero attached hydrogens (tertiary/aromatic N) is 4. The number of fused-ring (bicyclic) bond motifs is 1. The Morgan fingerprint density at radius 1 is 0.886 bits per heavy atom. The number of imidazole rings is 1. The molecule has 0 aliphatic carbocycles. The second-order valence-corrected chi connectivity index (χ2v) is 9.13. The van der Waals surface area contributed by atoms with Crippen LogP contribution in [0.25, 0.3) is 22.2 Å². The zero-order valence-corrected chi connectivity index (χ0v) is 20.7. The van der Waals surface area contributed by atoms with Crippen molar-refractivity contribution in [2.75, 3.05) is 38.2 Å². The lowest BCUT2D eigenvalue weighted by Gasteiger charge is -2.36. The van der Waals surface area contributed by atoms with Crippen LogP contribution in [0, 0.1) is 0 Å². The molecule has 0 N–H and O–H groups in total. The number of hydrogen-bond donors (Lipinski definition) is 0.